The van der Waals surface area contributed by atoms with Crippen molar-refractivity contribution in [1.29, 1.82) is 0 Å². The Morgan fingerprint density at radius 3 is 2.26 bits per heavy atom. The van der Waals surface area contributed by atoms with E-state index < -0.39 is 35.7 Å². The second-order valence-corrected chi connectivity index (χ2v) is 7.83. The van der Waals surface area contributed by atoms with Gasteiger partial charge in [-0.2, -0.15) is 0 Å². The number of nitrogens with zero attached hydrogens (tertiary/aromatic N) is 1. The van der Waals surface area contributed by atoms with Gasteiger partial charge in [-0.25, -0.2) is 4.79 Å². The van der Waals surface area contributed by atoms with E-state index in [1.54, 1.807) is 52.1 Å². The molecule has 0 unspecified atom stereocenters. The van der Waals surface area contributed by atoms with Crippen LogP contribution in [0.4, 0.5) is 5.69 Å². The van der Waals surface area contributed by atoms with Crippen LogP contribution < -0.4 is 9.64 Å². The lowest BCUT2D eigenvalue weighted by atomic mass is 9.73. The molecule has 7 heteroatoms. The number of hydrogen-bond donors (Lipinski definition) is 1. The Morgan fingerprint density at radius 1 is 1.13 bits per heavy atom. The molecule has 1 heterocycles. The van der Waals surface area contributed by atoms with E-state index >= 15 is 0 Å². The summed E-state index contributed by atoms with van der Waals surface area (Å²) >= 11 is 0. The number of amides is 1. The van der Waals surface area contributed by atoms with Gasteiger partial charge in [-0.15, -0.1) is 0 Å². The van der Waals surface area contributed by atoms with Crippen LogP contribution in [0.25, 0.3) is 0 Å². The van der Waals surface area contributed by atoms with Crippen molar-refractivity contribution in [3.05, 3.63) is 59.7 Å². The summed E-state index contributed by atoms with van der Waals surface area (Å²) in [5.41, 5.74) is 0.193. The first-order valence-electron chi connectivity index (χ1n) is 10.3. The van der Waals surface area contributed by atoms with E-state index in [1.807, 2.05) is 31.2 Å². The molecule has 1 saturated heterocycles. The summed E-state index contributed by atoms with van der Waals surface area (Å²) in [5, 5.41) is 11.7. The highest BCUT2D eigenvalue weighted by Gasteiger charge is 2.68. The zero-order valence-corrected chi connectivity index (χ0v) is 18.5. The predicted octanol–water partition coefficient (Wildman–Crippen LogP) is 3.18. The molecule has 0 saturated carbocycles. The average Bonchev–Trinajstić information content (AvgIpc) is 2.76. The Labute approximate surface area is 182 Å². The summed E-state index contributed by atoms with van der Waals surface area (Å²) in [6, 6.07) is 13.6. The number of hydrogen-bond acceptors (Lipinski definition) is 6. The van der Waals surface area contributed by atoms with Gasteiger partial charge in [-0.1, -0.05) is 29.8 Å². The third-order valence-corrected chi connectivity index (χ3v) is 5.29. The molecule has 2 aromatic carbocycles. The van der Waals surface area contributed by atoms with E-state index in [-0.39, 0.29) is 6.61 Å². The summed E-state index contributed by atoms with van der Waals surface area (Å²) in [7, 11) is 1.56. The van der Waals surface area contributed by atoms with Gasteiger partial charge in [-0.3, -0.25) is 9.69 Å². The molecule has 0 radical (unpaired) electrons. The van der Waals surface area contributed by atoms with Crippen molar-refractivity contribution in [3.8, 4) is 5.75 Å². The maximum absolute atomic E-state index is 13.4. The fraction of sp³-hybridized carbons (Fsp3) is 0.417. The van der Waals surface area contributed by atoms with Gasteiger partial charge < -0.3 is 19.3 Å². The smallest absolute Gasteiger partial charge is 0.338 e. The monoisotopic (exact) mass is 427 g/mol. The van der Waals surface area contributed by atoms with Gasteiger partial charge in [0.15, 0.2) is 6.10 Å². The van der Waals surface area contributed by atoms with E-state index in [0.717, 1.165) is 5.56 Å². The van der Waals surface area contributed by atoms with Gasteiger partial charge in [0.2, 0.25) is 5.60 Å². The molecule has 0 aromatic heterocycles. The van der Waals surface area contributed by atoms with Crippen LogP contribution >= 0.6 is 0 Å². The number of benzene rings is 2. The van der Waals surface area contributed by atoms with Crippen LogP contribution in [0.5, 0.6) is 5.75 Å². The lowest BCUT2D eigenvalue weighted by Crippen LogP contribution is -2.75. The molecular weight excluding hydrogens is 398 g/mol. The van der Waals surface area contributed by atoms with Crippen molar-refractivity contribution >= 4 is 17.6 Å². The standard InChI is InChI=1S/C24H29NO6/c1-6-30-22(26)21(31-15(2)3)24(28)20(17-9-7-16(4)8-10-17)25(23(24)27)18-11-13-19(29-5)14-12-18/h7-15,20-21,28H,6H2,1-5H3/t20-,21-,24-/m0/s1. The minimum atomic E-state index is -2.11. The second-order valence-electron chi connectivity index (χ2n) is 7.83. The molecule has 3 rings (SSSR count). The number of aliphatic hydroxyl groups is 1. The number of ether oxygens (including phenoxy) is 3. The SMILES string of the molecule is CCOC(=O)[C@H](OC(C)C)[C@]1(O)C(=O)N(c2ccc(OC)cc2)[C@H]1c1ccc(C)cc1. The molecule has 1 fully saturated rings. The quantitative estimate of drug-likeness (QED) is 0.515. The van der Waals surface area contributed by atoms with Crippen molar-refractivity contribution in [2.75, 3.05) is 18.6 Å². The van der Waals surface area contributed by atoms with Crippen LogP contribution in [0.1, 0.15) is 37.9 Å². The third kappa shape index (κ3) is 4.16. The fourth-order valence-corrected chi connectivity index (χ4v) is 3.80. The van der Waals surface area contributed by atoms with Gasteiger partial charge in [-0.05, 0) is 57.5 Å². The Balaban J connectivity index is 2.09. The number of β-lactam (4-membered cyclic amide) rings is 1. The highest BCUT2D eigenvalue weighted by molar-refractivity contribution is 6.11. The second kappa shape index (κ2) is 9.08. The summed E-state index contributed by atoms with van der Waals surface area (Å²) in [6.07, 6.45) is -1.86. The summed E-state index contributed by atoms with van der Waals surface area (Å²) in [5.74, 6) is -0.744. The average molecular weight is 427 g/mol. The number of carbonyl (C=O) groups excluding carboxylic acids is 2. The van der Waals surface area contributed by atoms with Crippen LogP contribution in [0, 0.1) is 6.92 Å². The van der Waals surface area contributed by atoms with Crippen molar-refractivity contribution in [2.45, 2.75) is 51.5 Å². The molecule has 31 heavy (non-hydrogen) atoms. The van der Waals surface area contributed by atoms with Gasteiger partial charge in [0.25, 0.3) is 5.91 Å². The van der Waals surface area contributed by atoms with Crippen LogP contribution in [0.15, 0.2) is 48.5 Å². The number of rotatable bonds is 8. The lowest BCUT2D eigenvalue weighted by Gasteiger charge is -2.55. The van der Waals surface area contributed by atoms with Crippen LogP contribution in [0.3, 0.4) is 0 Å². The van der Waals surface area contributed by atoms with Gasteiger partial charge in [0, 0.05) is 5.69 Å². The molecule has 0 spiro atoms. The summed E-state index contributed by atoms with van der Waals surface area (Å²) in [4.78, 5) is 27.6. The van der Waals surface area contributed by atoms with E-state index in [0.29, 0.717) is 17.0 Å². The molecule has 1 aliphatic heterocycles. The molecule has 7 nitrogen and oxygen atoms in total. The molecule has 166 valence electrons. The zero-order valence-electron chi connectivity index (χ0n) is 18.5. The number of methoxy groups -OCH3 is 1. The molecule has 1 amide bonds. The van der Waals surface area contributed by atoms with Crippen molar-refractivity contribution in [2.24, 2.45) is 0 Å². The first-order valence-corrected chi connectivity index (χ1v) is 10.3. The van der Waals surface area contributed by atoms with Gasteiger partial charge in [0.05, 0.1) is 19.8 Å². The highest BCUT2D eigenvalue weighted by atomic mass is 16.6. The Hall–Kier alpha value is -2.90. The van der Waals surface area contributed by atoms with Crippen LogP contribution in [-0.2, 0) is 19.1 Å². The zero-order chi connectivity index (χ0) is 22.8. The minimum Gasteiger partial charge on any atom is -0.497 e. The highest BCUT2D eigenvalue weighted by Crippen LogP contribution is 2.49. The van der Waals surface area contributed by atoms with Crippen molar-refractivity contribution in [1.82, 2.24) is 0 Å². The van der Waals surface area contributed by atoms with E-state index in [4.69, 9.17) is 14.2 Å². The number of carbonyl (C=O) groups is 2. The molecule has 3 atom stereocenters. The fourth-order valence-electron chi connectivity index (χ4n) is 3.80. The minimum absolute atomic E-state index is 0.110. The largest absolute Gasteiger partial charge is 0.497 e. The molecule has 1 aliphatic rings. The normalized spacial score (nSPS) is 21.6. The van der Waals surface area contributed by atoms with E-state index in [2.05, 4.69) is 0 Å². The molecule has 1 N–H and O–H groups in total. The Morgan fingerprint density at radius 2 is 1.74 bits per heavy atom. The topological polar surface area (TPSA) is 85.3 Å². The summed E-state index contributed by atoms with van der Waals surface area (Å²) in [6.45, 7) is 7.20. The molecule has 0 bridgehead atoms. The first-order chi connectivity index (χ1) is 14.7. The number of esters is 1. The number of anilines is 1. The van der Waals surface area contributed by atoms with Crippen molar-refractivity contribution in [3.63, 3.8) is 0 Å². The maximum Gasteiger partial charge on any atom is 0.338 e. The van der Waals surface area contributed by atoms with E-state index in [1.165, 1.54) is 4.90 Å². The first kappa shape index (κ1) is 22.8. The van der Waals surface area contributed by atoms with Crippen LogP contribution in [0.2, 0.25) is 0 Å². The van der Waals surface area contributed by atoms with Gasteiger partial charge in [0.1, 0.15) is 11.8 Å². The van der Waals surface area contributed by atoms with Crippen molar-refractivity contribution < 1.29 is 28.9 Å². The molecule has 0 aliphatic carbocycles. The van der Waals surface area contributed by atoms with Crippen LogP contribution in [-0.4, -0.2) is 48.5 Å². The van der Waals surface area contributed by atoms with E-state index in [9.17, 15) is 14.7 Å². The molecule has 2 aromatic rings. The third-order valence-electron chi connectivity index (χ3n) is 5.29. The maximum atomic E-state index is 13.4. The number of aryl methyl sites for hydroxylation is 1. The lowest BCUT2D eigenvalue weighted by molar-refractivity contribution is -0.202. The molecular formula is C24H29NO6. The van der Waals surface area contributed by atoms with Gasteiger partial charge >= 0.3 is 5.97 Å². The predicted molar refractivity (Wildman–Crippen MR) is 116 cm³/mol. The Kier molecular flexibility index (Phi) is 6.67. The summed E-state index contributed by atoms with van der Waals surface area (Å²) < 4.78 is 16.1. The Bertz CT molecular complexity index is 924.